The molecule has 0 bridgehead atoms. The molecule has 1 heterocycles. The topological polar surface area (TPSA) is 43.3 Å². The van der Waals surface area contributed by atoms with Gasteiger partial charge in [0.15, 0.2) is 0 Å². The van der Waals surface area contributed by atoms with Gasteiger partial charge >= 0.3 is 0 Å². The molecule has 0 atom stereocenters. The van der Waals surface area contributed by atoms with Crippen LogP contribution in [0.2, 0.25) is 5.02 Å². The Balaban J connectivity index is 1.90. The second-order valence-corrected chi connectivity index (χ2v) is 7.23. The molecule has 1 fully saturated rings. The van der Waals surface area contributed by atoms with Gasteiger partial charge in [-0.1, -0.05) is 35.9 Å². The van der Waals surface area contributed by atoms with Crippen molar-refractivity contribution in [2.45, 2.75) is 25.8 Å². The number of hydrogen-bond donors (Lipinski definition) is 1. The summed E-state index contributed by atoms with van der Waals surface area (Å²) in [4.78, 5) is 12.8. The standard InChI is InChI=1S/C22H21ClN2O2/c1-14-18(22(26)24-17-11-12-17)13-20(15-7-9-16(23)10-8-15)25(14)19-5-3-4-6-21(19)27-2/h3-10,13,17H,11-12H2,1-2H3,(H,24,26). The molecular formula is C22H21ClN2O2. The minimum atomic E-state index is -0.0288. The van der Waals surface area contributed by atoms with Crippen molar-refractivity contribution >= 4 is 17.5 Å². The zero-order valence-corrected chi connectivity index (χ0v) is 16.1. The number of methoxy groups -OCH3 is 1. The molecule has 138 valence electrons. The number of para-hydroxylation sites is 2. The van der Waals surface area contributed by atoms with Crippen molar-refractivity contribution in [1.82, 2.24) is 9.88 Å². The van der Waals surface area contributed by atoms with Crippen LogP contribution in [-0.4, -0.2) is 23.6 Å². The summed E-state index contributed by atoms with van der Waals surface area (Å²) >= 11 is 6.06. The number of ether oxygens (including phenoxy) is 1. The van der Waals surface area contributed by atoms with E-state index in [4.69, 9.17) is 16.3 Å². The lowest BCUT2D eigenvalue weighted by atomic mass is 10.1. The lowest BCUT2D eigenvalue weighted by Gasteiger charge is -2.15. The number of carbonyl (C=O) groups excluding carboxylic acids is 1. The summed E-state index contributed by atoms with van der Waals surface area (Å²) in [7, 11) is 1.65. The SMILES string of the molecule is COc1ccccc1-n1c(-c2ccc(Cl)cc2)cc(C(=O)NC2CC2)c1C. The van der Waals surface area contributed by atoms with Crippen LogP contribution in [0, 0.1) is 6.92 Å². The first-order valence-electron chi connectivity index (χ1n) is 9.01. The lowest BCUT2D eigenvalue weighted by molar-refractivity contribution is 0.0950. The maximum Gasteiger partial charge on any atom is 0.253 e. The average molecular weight is 381 g/mol. The Kier molecular flexibility index (Phi) is 4.66. The summed E-state index contributed by atoms with van der Waals surface area (Å²) < 4.78 is 7.64. The molecule has 0 radical (unpaired) electrons. The van der Waals surface area contributed by atoms with E-state index in [0.29, 0.717) is 16.6 Å². The molecule has 4 nitrogen and oxygen atoms in total. The largest absolute Gasteiger partial charge is 0.495 e. The molecule has 1 aliphatic carbocycles. The summed E-state index contributed by atoms with van der Waals surface area (Å²) in [6, 6.07) is 17.7. The number of nitrogens with zero attached hydrogens (tertiary/aromatic N) is 1. The van der Waals surface area contributed by atoms with E-state index in [1.165, 1.54) is 0 Å². The summed E-state index contributed by atoms with van der Waals surface area (Å²) in [6.45, 7) is 1.97. The van der Waals surface area contributed by atoms with Crippen LogP contribution in [0.1, 0.15) is 28.9 Å². The van der Waals surface area contributed by atoms with E-state index in [2.05, 4.69) is 9.88 Å². The first kappa shape index (κ1) is 17.7. The number of benzene rings is 2. The number of hydrogen-bond acceptors (Lipinski definition) is 2. The number of amides is 1. The van der Waals surface area contributed by atoms with Crippen LogP contribution in [0.4, 0.5) is 0 Å². The minimum Gasteiger partial charge on any atom is -0.495 e. The fraction of sp³-hybridized carbons (Fsp3) is 0.227. The van der Waals surface area contributed by atoms with Crippen LogP contribution in [0.15, 0.2) is 54.6 Å². The number of carbonyl (C=O) groups is 1. The molecule has 1 N–H and O–H groups in total. The van der Waals surface area contributed by atoms with Gasteiger partial charge in [0.05, 0.1) is 24.1 Å². The van der Waals surface area contributed by atoms with E-state index in [0.717, 1.165) is 41.2 Å². The third-order valence-corrected chi connectivity index (χ3v) is 5.12. The van der Waals surface area contributed by atoms with Crippen LogP contribution >= 0.6 is 11.6 Å². The summed E-state index contributed by atoms with van der Waals surface area (Å²) in [6.07, 6.45) is 2.12. The predicted molar refractivity (Wildman–Crippen MR) is 108 cm³/mol. The van der Waals surface area contributed by atoms with Gasteiger partial charge in [0, 0.05) is 16.8 Å². The smallest absolute Gasteiger partial charge is 0.253 e. The number of nitrogens with one attached hydrogen (secondary N) is 1. The molecule has 4 rings (SSSR count). The van der Waals surface area contributed by atoms with Crippen LogP contribution in [0.5, 0.6) is 5.75 Å². The predicted octanol–water partition coefficient (Wildman–Crippen LogP) is 5.01. The van der Waals surface area contributed by atoms with E-state index >= 15 is 0 Å². The first-order chi connectivity index (χ1) is 13.1. The molecule has 1 saturated carbocycles. The van der Waals surface area contributed by atoms with Gasteiger partial charge in [-0.15, -0.1) is 0 Å². The van der Waals surface area contributed by atoms with Gasteiger partial charge in [-0.25, -0.2) is 0 Å². The molecule has 0 aliphatic heterocycles. The number of halogens is 1. The third kappa shape index (κ3) is 3.45. The van der Waals surface area contributed by atoms with Crippen LogP contribution < -0.4 is 10.1 Å². The average Bonchev–Trinajstić information content (AvgIpc) is 3.42. The lowest BCUT2D eigenvalue weighted by Crippen LogP contribution is -2.25. The molecule has 0 spiro atoms. The summed E-state index contributed by atoms with van der Waals surface area (Å²) in [5.74, 6) is 0.722. The van der Waals surface area contributed by atoms with E-state index in [1.54, 1.807) is 7.11 Å². The van der Waals surface area contributed by atoms with Crippen molar-refractivity contribution in [1.29, 1.82) is 0 Å². The van der Waals surface area contributed by atoms with Crippen molar-refractivity contribution in [3.63, 3.8) is 0 Å². The van der Waals surface area contributed by atoms with E-state index in [1.807, 2.05) is 61.5 Å². The second-order valence-electron chi connectivity index (χ2n) is 6.79. The Bertz CT molecular complexity index is 988. The highest BCUT2D eigenvalue weighted by atomic mass is 35.5. The molecule has 0 unspecified atom stereocenters. The fourth-order valence-corrected chi connectivity index (χ4v) is 3.41. The highest BCUT2D eigenvalue weighted by molar-refractivity contribution is 6.30. The molecule has 0 saturated heterocycles. The van der Waals surface area contributed by atoms with E-state index < -0.39 is 0 Å². The maximum atomic E-state index is 12.8. The molecule has 1 aromatic heterocycles. The van der Waals surface area contributed by atoms with Gasteiger partial charge in [0.1, 0.15) is 5.75 Å². The Labute approximate surface area is 163 Å². The summed E-state index contributed by atoms with van der Waals surface area (Å²) in [5, 5.41) is 3.77. The van der Waals surface area contributed by atoms with Gasteiger partial charge in [0.25, 0.3) is 5.91 Å². The van der Waals surface area contributed by atoms with Crippen LogP contribution in [0.3, 0.4) is 0 Å². The minimum absolute atomic E-state index is 0.0288. The van der Waals surface area contributed by atoms with Crippen molar-refractivity contribution in [2.24, 2.45) is 0 Å². The van der Waals surface area contributed by atoms with E-state index in [-0.39, 0.29) is 5.91 Å². The van der Waals surface area contributed by atoms with Gasteiger partial charge in [0.2, 0.25) is 0 Å². The Morgan fingerprint density at radius 1 is 1.15 bits per heavy atom. The summed E-state index contributed by atoms with van der Waals surface area (Å²) in [5.41, 5.74) is 4.36. The number of aromatic nitrogens is 1. The number of rotatable bonds is 5. The quantitative estimate of drug-likeness (QED) is 0.676. The van der Waals surface area contributed by atoms with Crippen LogP contribution in [-0.2, 0) is 0 Å². The molecule has 5 heteroatoms. The van der Waals surface area contributed by atoms with Gasteiger partial charge in [-0.2, -0.15) is 0 Å². The molecule has 1 aliphatic rings. The van der Waals surface area contributed by atoms with Crippen molar-refractivity contribution in [3.8, 4) is 22.7 Å². The normalized spacial score (nSPS) is 13.4. The van der Waals surface area contributed by atoms with Crippen molar-refractivity contribution in [2.75, 3.05) is 7.11 Å². The van der Waals surface area contributed by atoms with Gasteiger partial charge in [-0.05, 0) is 55.7 Å². The molecular weight excluding hydrogens is 360 g/mol. The molecule has 3 aromatic rings. The maximum absolute atomic E-state index is 12.8. The Morgan fingerprint density at radius 2 is 1.85 bits per heavy atom. The Morgan fingerprint density at radius 3 is 2.52 bits per heavy atom. The van der Waals surface area contributed by atoms with Crippen molar-refractivity contribution in [3.05, 3.63) is 70.9 Å². The second kappa shape index (κ2) is 7.12. The zero-order valence-electron chi connectivity index (χ0n) is 15.3. The first-order valence-corrected chi connectivity index (χ1v) is 9.39. The highest BCUT2D eigenvalue weighted by Gasteiger charge is 2.27. The highest BCUT2D eigenvalue weighted by Crippen LogP contribution is 2.34. The molecule has 2 aromatic carbocycles. The third-order valence-electron chi connectivity index (χ3n) is 4.87. The molecule has 27 heavy (non-hydrogen) atoms. The van der Waals surface area contributed by atoms with Crippen molar-refractivity contribution < 1.29 is 9.53 Å². The monoisotopic (exact) mass is 380 g/mol. The fourth-order valence-electron chi connectivity index (χ4n) is 3.29. The Hall–Kier alpha value is -2.72. The van der Waals surface area contributed by atoms with Gasteiger partial charge in [-0.3, -0.25) is 4.79 Å². The van der Waals surface area contributed by atoms with Gasteiger partial charge < -0.3 is 14.6 Å². The molecule has 1 amide bonds. The zero-order chi connectivity index (χ0) is 19.0. The van der Waals surface area contributed by atoms with Crippen LogP contribution in [0.25, 0.3) is 16.9 Å². The van der Waals surface area contributed by atoms with E-state index in [9.17, 15) is 4.79 Å².